The Labute approximate surface area is 175 Å². The fourth-order valence-electron chi connectivity index (χ4n) is 3.56. The molecule has 0 saturated heterocycles. The molecule has 6 heteroatoms. The summed E-state index contributed by atoms with van der Waals surface area (Å²) in [6.07, 6.45) is 2.07. The lowest BCUT2D eigenvalue weighted by Gasteiger charge is -2.23. The van der Waals surface area contributed by atoms with Gasteiger partial charge in [0.1, 0.15) is 0 Å². The molecule has 3 aromatic rings. The van der Waals surface area contributed by atoms with Crippen molar-refractivity contribution in [1.29, 1.82) is 0 Å². The topological polar surface area (TPSA) is 58.1 Å². The lowest BCUT2D eigenvalue weighted by atomic mass is 10.0. The molecule has 1 heterocycles. The zero-order valence-corrected chi connectivity index (χ0v) is 17.8. The van der Waals surface area contributed by atoms with Crippen LogP contribution in [0, 0.1) is 4.77 Å². The van der Waals surface area contributed by atoms with Gasteiger partial charge in [0.25, 0.3) is 11.5 Å². The second kappa shape index (κ2) is 7.59. The molecule has 1 N–H and O–H groups in total. The predicted octanol–water partition coefficient (Wildman–Crippen LogP) is 4.52. The molecule has 0 bridgehead atoms. The number of hydrogen-bond acceptors (Lipinski definition) is 3. The second-order valence-electron chi connectivity index (χ2n) is 8.12. The molecule has 2 aromatic carbocycles. The van der Waals surface area contributed by atoms with Gasteiger partial charge in [-0.05, 0) is 60.3 Å². The van der Waals surface area contributed by atoms with E-state index in [1.165, 1.54) is 10.1 Å². The van der Waals surface area contributed by atoms with Crippen LogP contribution in [0.4, 0.5) is 0 Å². The second-order valence-corrected chi connectivity index (χ2v) is 8.50. The molecular weight excluding hydrogens is 382 g/mol. The number of H-pyrrole nitrogens is 1. The number of nitrogens with one attached hydrogen (secondary N) is 1. The number of carbonyl (C=O) groups excluding carboxylic acids is 1. The summed E-state index contributed by atoms with van der Waals surface area (Å²) >= 11 is 5.21. The number of benzene rings is 2. The summed E-state index contributed by atoms with van der Waals surface area (Å²) in [6, 6.07) is 14.0. The summed E-state index contributed by atoms with van der Waals surface area (Å²) in [7, 11) is 1.64. The number of carbonyl (C=O) groups is 1. The normalized spacial score (nSPS) is 13.8. The monoisotopic (exact) mass is 407 g/mol. The minimum atomic E-state index is -0.160. The lowest BCUT2D eigenvalue weighted by Crippen LogP contribution is -2.32. The highest BCUT2D eigenvalue weighted by atomic mass is 32.1. The van der Waals surface area contributed by atoms with Crippen molar-refractivity contribution in [3.8, 4) is 0 Å². The van der Waals surface area contributed by atoms with Crippen LogP contribution in [-0.4, -0.2) is 26.4 Å². The quantitative estimate of drug-likeness (QED) is 0.633. The van der Waals surface area contributed by atoms with Gasteiger partial charge in [0.2, 0.25) is 0 Å². The summed E-state index contributed by atoms with van der Waals surface area (Å²) in [5.41, 5.74) is 3.43. The lowest BCUT2D eigenvalue weighted by molar-refractivity contribution is 0.0730. The number of rotatable bonds is 5. The molecule has 0 radical (unpaired) electrons. The average molecular weight is 408 g/mol. The SMILES string of the molecule is CC(C)c1ccc(CN(C(=O)c2ccc3c(=O)n(C)c(=S)[nH]c3c2)C2CC2)cc1. The fourth-order valence-corrected chi connectivity index (χ4v) is 3.76. The van der Waals surface area contributed by atoms with Crippen LogP contribution in [0.3, 0.4) is 0 Å². The molecule has 1 amide bonds. The molecule has 0 aliphatic heterocycles. The largest absolute Gasteiger partial charge is 0.332 e. The van der Waals surface area contributed by atoms with Gasteiger partial charge in [0.05, 0.1) is 10.9 Å². The van der Waals surface area contributed by atoms with Gasteiger partial charge in [-0.1, -0.05) is 38.1 Å². The Morgan fingerprint density at radius 1 is 1.21 bits per heavy atom. The van der Waals surface area contributed by atoms with Crippen LogP contribution in [0.15, 0.2) is 47.3 Å². The molecular formula is C23H25N3O2S. The van der Waals surface area contributed by atoms with E-state index in [4.69, 9.17) is 12.2 Å². The van der Waals surface area contributed by atoms with Crippen LogP contribution in [-0.2, 0) is 13.6 Å². The van der Waals surface area contributed by atoms with E-state index in [9.17, 15) is 9.59 Å². The summed E-state index contributed by atoms with van der Waals surface area (Å²) in [5.74, 6) is 0.475. The Balaban J connectivity index is 1.64. The molecule has 0 unspecified atom stereocenters. The average Bonchev–Trinajstić information content (AvgIpc) is 3.55. The first-order chi connectivity index (χ1) is 13.8. The van der Waals surface area contributed by atoms with Crippen LogP contribution in [0.2, 0.25) is 0 Å². The third kappa shape index (κ3) is 3.90. The Morgan fingerprint density at radius 2 is 1.90 bits per heavy atom. The number of aromatic amines is 1. The molecule has 1 aromatic heterocycles. The van der Waals surface area contributed by atoms with Gasteiger partial charge in [-0.2, -0.15) is 0 Å². The zero-order valence-electron chi connectivity index (χ0n) is 16.9. The van der Waals surface area contributed by atoms with Crippen LogP contribution in [0.1, 0.15) is 54.1 Å². The van der Waals surface area contributed by atoms with E-state index in [1.807, 2.05) is 4.90 Å². The van der Waals surface area contributed by atoms with Gasteiger partial charge in [-0.15, -0.1) is 0 Å². The Bertz CT molecular complexity index is 1190. The minimum absolute atomic E-state index is 0.0117. The zero-order chi connectivity index (χ0) is 20.7. The third-order valence-electron chi connectivity index (χ3n) is 5.60. The Morgan fingerprint density at radius 3 is 2.52 bits per heavy atom. The van der Waals surface area contributed by atoms with E-state index in [1.54, 1.807) is 25.2 Å². The number of amides is 1. The third-order valence-corrected chi connectivity index (χ3v) is 5.97. The molecule has 1 saturated carbocycles. The van der Waals surface area contributed by atoms with Crippen molar-refractivity contribution in [3.05, 3.63) is 74.3 Å². The van der Waals surface area contributed by atoms with E-state index < -0.39 is 0 Å². The summed E-state index contributed by atoms with van der Waals surface area (Å²) in [4.78, 5) is 30.7. The predicted molar refractivity (Wildman–Crippen MR) is 118 cm³/mol. The van der Waals surface area contributed by atoms with Gasteiger partial charge >= 0.3 is 0 Å². The van der Waals surface area contributed by atoms with Crippen molar-refractivity contribution in [2.24, 2.45) is 7.05 Å². The van der Waals surface area contributed by atoms with Crippen LogP contribution in [0.25, 0.3) is 10.9 Å². The van der Waals surface area contributed by atoms with E-state index in [-0.39, 0.29) is 17.5 Å². The number of aromatic nitrogens is 2. The molecule has 1 aliphatic rings. The maximum Gasteiger partial charge on any atom is 0.261 e. The van der Waals surface area contributed by atoms with E-state index in [0.29, 0.717) is 33.7 Å². The number of hydrogen-bond donors (Lipinski definition) is 1. The van der Waals surface area contributed by atoms with Crippen molar-refractivity contribution in [2.45, 2.75) is 45.2 Å². The summed E-state index contributed by atoms with van der Waals surface area (Å²) in [5, 5.41) is 0.528. The highest BCUT2D eigenvalue weighted by molar-refractivity contribution is 7.71. The Kier molecular flexibility index (Phi) is 5.13. The van der Waals surface area contributed by atoms with Gasteiger partial charge in [-0.25, -0.2) is 0 Å². The highest BCUT2D eigenvalue weighted by Gasteiger charge is 2.33. The Hall–Kier alpha value is -2.73. The van der Waals surface area contributed by atoms with Crippen molar-refractivity contribution in [1.82, 2.24) is 14.5 Å². The first-order valence-electron chi connectivity index (χ1n) is 9.98. The standard InChI is InChI=1S/C23H25N3O2S/c1-14(2)16-6-4-15(5-7-16)13-26(18-9-10-18)21(27)17-8-11-19-20(12-17)24-23(29)25(3)22(19)28/h4-8,11-12,14,18H,9-10,13H2,1-3H3,(H,24,29). The van der Waals surface area contributed by atoms with E-state index >= 15 is 0 Å². The molecule has 29 heavy (non-hydrogen) atoms. The minimum Gasteiger partial charge on any atom is -0.332 e. The maximum absolute atomic E-state index is 13.3. The highest BCUT2D eigenvalue weighted by Crippen LogP contribution is 2.30. The molecule has 5 nitrogen and oxygen atoms in total. The van der Waals surface area contributed by atoms with Crippen molar-refractivity contribution < 1.29 is 4.79 Å². The van der Waals surface area contributed by atoms with Gasteiger partial charge in [-0.3, -0.25) is 14.2 Å². The first kappa shape index (κ1) is 19.6. The van der Waals surface area contributed by atoms with Crippen LogP contribution < -0.4 is 5.56 Å². The van der Waals surface area contributed by atoms with Gasteiger partial charge in [0.15, 0.2) is 4.77 Å². The smallest absolute Gasteiger partial charge is 0.261 e. The molecule has 1 fully saturated rings. The van der Waals surface area contributed by atoms with Gasteiger partial charge in [0, 0.05) is 25.2 Å². The van der Waals surface area contributed by atoms with Gasteiger partial charge < -0.3 is 9.88 Å². The number of nitrogens with zero attached hydrogens (tertiary/aromatic N) is 2. The fraction of sp³-hybridized carbons (Fsp3) is 0.348. The molecule has 0 spiro atoms. The first-order valence-corrected chi connectivity index (χ1v) is 10.4. The van der Waals surface area contributed by atoms with Crippen molar-refractivity contribution in [3.63, 3.8) is 0 Å². The van der Waals surface area contributed by atoms with Crippen LogP contribution in [0.5, 0.6) is 0 Å². The van der Waals surface area contributed by atoms with Crippen molar-refractivity contribution in [2.75, 3.05) is 0 Å². The number of fused-ring (bicyclic) bond motifs is 1. The molecule has 150 valence electrons. The van der Waals surface area contributed by atoms with Crippen molar-refractivity contribution >= 4 is 29.0 Å². The van der Waals surface area contributed by atoms with E-state index in [0.717, 1.165) is 18.4 Å². The van der Waals surface area contributed by atoms with Crippen LogP contribution >= 0.6 is 12.2 Å². The summed E-state index contributed by atoms with van der Waals surface area (Å²) < 4.78 is 1.74. The molecule has 4 rings (SSSR count). The maximum atomic E-state index is 13.3. The summed E-state index contributed by atoms with van der Waals surface area (Å²) in [6.45, 7) is 4.94. The molecule has 0 atom stereocenters. The van der Waals surface area contributed by atoms with E-state index in [2.05, 4.69) is 43.1 Å². The molecule has 1 aliphatic carbocycles.